The molecule has 0 aliphatic carbocycles. The molecule has 0 atom stereocenters. The van der Waals surface area contributed by atoms with Crippen molar-refractivity contribution in [1.82, 2.24) is 4.31 Å². The smallest absolute Gasteiger partial charge is 0.343 e. The predicted octanol–water partition coefficient (Wildman–Crippen LogP) is 2.50. The molecular formula is C19H20N2O8S. The molecule has 0 aromatic heterocycles. The highest BCUT2D eigenvalue weighted by atomic mass is 32.2. The number of esters is 1. The number of rotatable bonds is 6. The van der Waals surface area contributed by atoms with Crippen LogP contribution in [0.2, 0.25) is 0 Å². The van der Waals surface area contributed by atoms with Crippen LogP contribution in [0.4, 0.5) is 5.69 Å². The van der Waals surface area contributed by atoms with Crippen LogP contribution in [0.5, 0.6) is 5.75 Å². The summed E-state index contributed by atoms with van der Waals surface area (Å²) in [6.07, 6.45) is 0.0246. The van der Waals surface area contributed by atoms with E-state index in [9.17, 15) is 23.3 Å². The first kappa shape index (κ1) is 21.8. The zero-order valence-corrected chi connectivity index (χ0v) is 17.1. The van der Waals surface area contributed by atoms with Crippen molar-refractivity contribution in [3.8, 4) is 5.75 Å². The molecule has 0 bridgehead atoms. The summed E-state index contributed by atoms with van der Waals surface area (Å²) in [7, 11) is -0.858. The molecule has 0 N–H and O–H groups in total. The van der Waals surface area contributed by atoms with E-state index in [0.29, 0.717) is 18.8 Å². The highest BCUT2D eigenvalue weighted by molar-refractivity contribution is 7.89. The van der Waals surface area contributed by atoms with Crippen LogP contribution in [-0.4, -0.2) is 50.9 Å². The molecule has 2 aromatic carbocycles. The monoisotopic (exact) mass is 436 g/mol. The number of nitro groups is 1. The second-order valence-corrected chi connectivity index (χ2v) is 8.76. The first-order valence-electron chi connectivity index (χ1n) is 8.96. The molecule has 30 heavy (non-hydrogen) atoms. The topological polar surface area (TPSA) is 125 Å². The van der Waals surface area contributed by atoms with Crippen LogP contribution < -0.4 is 4.74 Å². The minimum Gasteiger partial charge on any atom is -0.416 e. The van der Waals surface area contributed by atoms with Gasteiger partial charge in [-0.05, 0) is 42.8 Å². The van der Waals surface area contributed by atoms with Gasteiger partial charge in [-0.15, -0.1) is 0 Å². The Hall–Kier alpha value is -2.86. The number of carbonyl (C=O) groups is 1. The van der Waals surface area contributed by atoms with Gasteiger partial charge in [-0.25, -0.2) is 17.5 Å². The van der Waals surface area contributed by atoms with Crippen molar-refractivity contribution in [2.24, 2.45) is 0 Å². The lowest BCUT2D eigenvalue weighted by Gasteiger charge is -2.23. The van der Waals surface area contributed by atoms with E-state index in [0.717, 1.165) is 10.7 Å². The maximum atomic E-state index is 12.4. The van der Waals surface area contributed by atoms with Crippen LogP contribution in [0.15, 0.2) is 47.4 Å². The molecule has 2 aromatic rings. The Balaban J connectivity index is 1.81. The highest BCUT2D eigenvalue weighted by Crippen LogP contribution is 2.33. The summed E-state index contributed by atoms with van der Waals surface area (Å²) >= 11 is 0. The minimum absolute atomic E-state index is 0.00636. The average Bonchev–Trinajstić information content (AvgIpc) is 2.74. The molecule has 10 nitrogen and oxygen atoms in total. The van der Waals surface area contributed by atoms with Gasteiger partial charge in [0.15, 0.2) is 6.29 Å². The summed E-state index contributed by atoms with van der Waals surface area (Å²) in [5.74, 6) is -1.10. The molecule has 1 aliphatic rings. The van der Waals surface area contributed by atoms with Crippen molar-refractivity contribution in [2.45, 2.75) is 17.6 Å². The zero-order chi connectivity index (χ0) is 21.9. The van der Waals surface area contributed by atoms with E-state index < -0.39 is 32.9 Å². The van der Waals surface area contributed by atoms with Gasteiger partial charge in [0.1, 0.15) is 0 Å². The van der Waals surface area contributed by atoms with Crippen molar-refractivity contribution in [1.29, 1.82) is 0 Å². The Kier molecular flexibility index (Phi) is 6.46. The quantitative estimate of drug-likeness (QED) is 0.293. The lowest BCUT2D eigenvalue weighted by atomic mass is 10.1. The van der Waals surface area contributed by atoms with Crippen molar-refractivity contribution < 1.29 is 32.3 Å². The molecule has 1 fully saturated rings. The van der Waals surface area contributed by atoms with E-state index in [1.807, 2.05) is 0 Å². The van der Waals surface area contributed by atoms with Gasteiger partial charge in [0.05, 0.1) is 28.6 Å². The first-order chi connectivity index (χ1) is 14.2. The highest BCUT2D eigenvalue weighted by Gasteiger charge is 2.25. The molecule has 0 unspecified atom stereocenters. The van der Waals surface area contributed by atoms with Gasteiger partial charge in [-0.3, -0.25) is 10.1 Å². The Morgan fingerprint density at radius 3 is 2.33 bits per heavy atom. The molecule has 1 saturated heterocycles. The van der Waals surface area contributed by atoms with Gasteiger partial charge < -0.3 is 14.2 Å². The van der Waals surface area contributed by atoms with E-state index in [1.165, 1.54) is 56.6 Å². The fourth-order valence-corrected chi connectivity index (χ4v) is 3.62. The van der Waals surface area contributed by atoms with E-state index in [-0.39, 0.29) is 16.2 Å². The standard InChI is InChI=1S/C19H20N2O8S/c1-20(2)30(25,26)15-7-4-13(5-8-15)18(22)29-17-9-6-14(12-16(17)21(23)24)19-27-10-3-11-28-19/h4-9,12,19H,3,10-11H2,1-2H3. The lowest BCUT2D eigenvalue weighted by molar-refractivity contribution is -0.385. The van der Waals surface area contributed by atoms with Crippen molar-refractivity contribution >= 4 is 21.7 Å². The number of nitrogens with zero attached hydrogens (tertiary/aromatic N) is 2. The zero-order valence-electron chi connectivity index (χ0n) is 16.3. The minimum atomic E-state index is -3.64. The molecule has 0 radical (unpaired) electrons. The summed E-state index contributed by atoms with van der Waals surface area (Å²) in [4.78, 5) is 23.2. The van der Waals surface area contributed by atoms with Crippen molar-refractivity contribution in [2.75, 3.05) is 27.3 Å². The Labute approximate surface area is 173 Å². The molecule has 1 aliphatic heterocycles. The van der Waals surface area contributed by atoms with Crippen LogP contribution in [0.25, 0.3) is 0 Å². The van der Waals surface area contributed by atoms with E-state index in [4.69, 9.17) is 14.2 Å². The van der Waals surface area contributed by atoms with Crippen LogP contribution in [0.1, 0.15) is 28.6 Å². The molecule has 3 rings (SSSR count). The Morgan fingerprint density at radius 2 is 1.77 bits per heavy atom. The van der Waals surface area contributed by atoms with Crippen molar-refractivity contribution in [3.05, 3.63) is 63.7 Å². The van der Waals surface area contributed by atoms with Crippen LogP contribution in [-0.2, 0) is 19.5 Å². The predicted molar refractivity (Wildman–Crippen MR) is 105 cm³/mol. The van der Waals surface area contributed by atoms with E-state index in [2.05, 4.69) is 0 Å². The van der Waals surface area contributed by atoms with Crippen LogP contribution in [0.3, 0.4) is 0 Å². The second-order valence-electron chi connectivity index (χ2n) is 6.61. The van der Waals surface area contributed by atoms with Gasteiger partial charge in [0.2, 0.25) is 15.8 Å². The Morgan fingerprint density at radius 1 is 1.13 bits per heavy atom. The Bertz CT molecular complexity index is 1040. The maximum Gasteiger partial charge on any atom is 0.343 e. The molecule has 1 heterocycles. The maximum absolute atomic E-state index is 12.4. The van der Waals surface area contributed by atoms with Crippen LogP contribution in [0, 0.1) is 10.1 Å². The van der Waals surface area contributed by atoms with Gasteiger partial charge in [0, 0.05) is 25.7 Å². The number of hydrogen-bond donors (Lipinski definition) is 0. The van der Waals surface area contributed by atoms with Gasteiger partial charge in [-0.1, -0.05) is 0 Å². The normalized spacial score (nSPS) is 15.2. The lowest BCUT2D eigenvalue weighted by Crippen LogP contribution is -2.22. The summed E-state index contributed by atoms with van der Waals surface area (Å²) in [5, 5.41) is 11.5. The largest absolute Gasteiger partial charge is 0.416 e. The van der Waals surface area contributed by atoms with E-state index in [1.54, 1.807) is 0 Å². The fraction of sp³-hybridized carbons (Fsp3) is 0.316. The van der Waals surface area contributed by atoms with Gasteiger partial charge in [-0.2, -0.15) is 0 Å². The fourth-order valence-electron chi connectivity index (χ4n) is 2.72. The van der Waals surface area contributed by atoms with Crippen molar-refractivity contribution in [3.63, 3.8) is 0 Å². The second kappa shape index (κ2) is 8.88. The average molecular weight is 436 g/mol. The number of carbonyl (C=O) groups excluding carboxylic acids is 1. The molecular weight excluding hydrogens is 416 g/mol. The number of hydrogen-bond acceptors (Lipinski definition) is 8. The number of nitro benzene ring substituents is 1. The van der Waals surface area contributed by atoms with Gasteiger partial charge in [0.25, 0.3) is 0 Å². The summed E-state index contributed by atoms with van der Waals surface area (Å²) in [5.41, 5.74) is 0.0786. The molecule has 0 spiro atoms. The molecule has 160 valence electrons. The summed E-state index contributed by atoms with van der Waals surface area (Å²) in [6.45, 7) is 0.962. The SMILES string of the molecule is CN(C)S(=O)(=O)c1ccc(C(=O)Oc2ccc(C3OCCCO3)cc2[N+](=O)[O-])cc1. The van der Waals surface area contributed by atoms with E-state index >= 15 is 0 Å². The summed E-state index contributed by atoms with van der Waals surface area (Å²) < 4.78 is 41.3. The third-order valence-electron chi connectivity index (χ3n) is 4.35. The molecule has 11 heteroatoms. The first-order valence-corrected chi connectivity index (χ1v) is 10.4. The molecule has 0 amide bonds. The van der Waals surface area contributed by atoms with Gasteiger partial charge >= 0.3 is 11.7 Å². The third kappa shape index (κ3) is 4.65. The number of sulfonamides is 1. The number of benzene rings is 2. The van der Waals surface area contributed by atoms with Crippen LogP contribution >= 0.6 is 0 Å². The summed E-state index contributed by atoms with van der Waals surface area (Å²) in [6, 6.07) is 9.16. The third-order valence-corrected chi connectivity index (χ3v) is 6.18. The number of ether oxygens (including phenoxy) is 3. The molecule has 0 saturated carbocycles.